The molecule has 2 rings (SSSR count). The molecule has 0 amide bonds. The highest BCUT2D eigenvalue weighted by Gasteiger charge is 2.19. The molecule has 0 aliphatic carbocycles. The summed E-state index contributed by atoms with van der Waals surface area (Å²) >= 11 is 0. The van der Waals surface area contributed by atoms with Gasteiger partial charge in [-0.2, -0.15) is 0 Å². The topological polar surface area (TPSA) is 126 Å². The number of imidazole rings is 1. The lowest BCUT2D eigenvalue weighted by Gasteiger charge is -2.09. The maximum Gasteiger partial charge on any atom is 0.260 e. The highest BCUT2D eigenvalue weighted by Crippen LogP contribution is 2.16. The van der Waals surface area contributed by atoms with Gasteiger partial charge < -0.3 is 10.4 Å². The van der Waals surface area contributed by atoms with E-state index in [1.807, 2.05) is 0 Å². The van der Waals surface area contributed by atoms with Gasteiger partial charge in [0, 0.05) is 31.1 Å². The normalized spacial score (nSPS) is 11.4. The van der Waals surface area contributed by atoms with Crippen LogP contribution in [0.4, 0.5) is 5.69 Å². The van der Waals surface area contributed by atoms with Crippen LogP contribution in [-0.4, -0.2) is 29.9 Å². The largest absolute Gasteiger partial charge is 0.348 e. The third-order valence-corrected chi connectivity index (χ3v) is 3.84. The van der Waals surface area contributed by atoms with Gasteiger partial charge in [0.1, 0.15) is 0 Å². The summed E-state index contributed by atoms with van der Waals surface area (Å²) < 4.78 is 26.5. The van der Waals surface area contributed by atoms with Crippen molar-refractivity contribution >= 4 is 15.7 Å². The van der Waals surface area contributed by atoms with E-state index in [0.717, 1.165) is 5.69 Å². The molecule has 0 aliphatic rings. The molecular weight excluding hydrogens is 268 g/mol. The lowest BCUT2D eigenvalue weighted by Crippen LogP contribution is -2.28. The first-order chi connectivity index (χ1) is 9.13. The fourth-order valence-electron chi connectivity index (χ4n) is 1.52. The van der Waals surface area contributed by atoms with Crippen molar-refractivity contribution < 1.29 is 8.42 Å². The van der Waals surface area contributed by atoms with Crippen LogP contribution in [0.15, 0.2) is 35.9 Å². The first-order valence-electron chi connectivity index (χ1n) is 5.52. The Bertz CT molecular complexity index is 625. The van der Waals surface area contributed by atoms with E-state index in [2.05, 4.69) is 25.1 Å². The predicted octanol–water partition coefficient (Wildman–Crippen LogP) is -0.389. The number of H-pyrrole nitrogens is 1. The molecule has 2 aromatic rings. The number of nitrogens with one attached hydrogen (secondary N) is 3. The first kappa shape index (κ1) is 13.5. The van der Waals surface area contributed by atoms with Crippen molar-refractivity contribution in [3.63, 3.8) is 0 Å². The number of aromatic amines is 1. The molecule has 102 valence electrons. The number of rotatable bonds is 6. The van der Waals surface area contributed by atoms with Gasteiger partial charge in [-0.25, -0.2) is 23.1 Å². The van der Waals surface area contributed by atoms with Crippen LogP contribution in [0.2, 0.25) is 0 Å². The monoisotopic (exact) mass is 282 g/mol. The van der Waals surface area contributed by atoms with Gasteiger partial charge in [0.15, 0.2) is 5.03 Å². The molecule has 0 unspecified atom stereocenters. The summed E-state index contributed by atoms with van der Waals surface area (Å²) in [6.45, 7) is 0.241. The Balaban J connectivity index is 2.05. The van der Waals surface area contributed by atoms with Crippen LogP contribution in [-0.2, 0) is 16.4 Å². The van der Waals surface area contributed by atoms with Gasteiger partial charge in [-0.1, -0.05) is 0 Å². The molecule has 0 fully saturated rings. The smallest absolute Gasteiger partial charge is 0.260 e. The number of nitrogen functional groups attached to an aromatic ring is 1. The SMILES string of the molecule is NNc1cccnc1S(=O)(=O)NCCc1cnc[nH]1. The highest BCUT2D eigenvalue weighted by molar-refractivity contribution is 7.89. The Labute approximate surface area is 110 Å². The zero-order valence-electron chi connectivity index (χ0n) is 10.00. The number of hydrogen-bond donors (Lipinski definition) is 4. The molecular formula is C10H14N6O2S. The predicted molar refractivity (Wildman–Crippen MR) is 69.5 cm³/mol. The van der Waals surface area contributed by atoms with Crippen molar-refractivity contribution in [2.75, 3.05) is 12.0 Å². The Morgan fingerprint density at radius 1 is 1.42 bits per heavy atom. The van der Waals surface area contributed by atoms with Crippen LogP contribution in [0.25, 0.3) is 0 Å². The summed E-state index contributed by atoms with van der Waals surface area (Å²) in [5.41, 5.74) is 3.40. The van der Waals surface area contributed by atoms with Crippen molar-refractivity contribution in [2.24, 2.45) is 5.84 Å². The minimum atomic E-state index is -3.69. The van der Waals surface area contributed by atoms with E-state index < -0.39 is 10.0 Å². The lowest BCUT2D eigenvalue weighted by atomic mass is 10.3. The molecule has 5 N–H and O–H groups in total. The second-order valence-electron chi connectivity index (χ2n) is 3.73. The van der Waals surface area contributed by atoms with Crippen LogP contribution >= 0.6 is 0 Å². The molecule has 0 aliphatic heterocycles. The molecule has 0 bridgehead atoms. The second-order valence-corrected chi connectivity index (χ2v) is 5.41. The third kappa shape index (κ3) is 3.28. The molecule has 0 atom stereocenters. The molecule has 2 aromatic heterocycles. The highest BCUT2D eigenvalue weighted by atomic mass is 32.2. The van der Waals surface area contributed by atoms with Crippen molar-refractivity contribution in [2.45, 2.75) is 11.4 Å². The number of aromatic nitrogens is 3. The number of nitrogens with zero attached hydrogens (tertiary/aromatic N) is 2. The number of anilines is 1. The summed E-state index contributed by atoms with van der Waals surface area (Å²) in [4.78, 5) is 10.6. The van der Waals surface area contributed by atoms with Gasteiger partial charge in [-0.15, -0.1) is 0 Å². The van der Waals surface area contributed by atoms with Gasteiger partial charge in [0.2, 0.25) is 0 Å². The van der Waals surface area contributed by atoms with Gasteiger partial charge in [-0.05, 0) is 12.1 Å². The molecule has 0 saturated heterocycles. The van der Waals surface area contributed by atoms with Gasteiger partial charge >= 0.3 is 0 Å². The Morgan fingerprint density at radius 2 is 2.26 bits per heavy atom. The summed E-state index contributed by atoms with van der Waals surface area (Å²) in [6, 6.07) is 3.13. The number of nitrogens with two attached hydrogens (primary N) is 1. The maximum absolute atomic E-state index is 12.0. The fraction of sp³-hybridized carbons (Fsp3) is 0.200. The molecule has 9 heteroatoms. The second kappa shape index (κ2) is 5.78. The average molecular weight is 282 g/mol. The minimum Gasteiger partial charge on any atom is -0.348 e. The fourth-order valence-corrected chi connectivity index (χ4v) is 2.65. The van der Waals surface area contributed by atoms with E-state index in [0.29, 0.717) is 6.42 Å². The van der Waals surface area contributed by atoms with Gasteiger partial charge in [0.05, 0.1) is 12.0 Å². The Hall–Kier alpha value is -1.97. The first-order valence-corrected chi connectivity index (χ1v) is 7.00. The third-order valence-electron chi connectivity index (χ3n) is 2.42. The minimum absolute atomic E-state index is 0.123. The van der Waals surface area contributed by atoms with E-state index in [9.17, 15) is 8.42 Å². The standard InChI is InChI=1S/C10H14N6O2S/c11-16-9-2-1-4-13-10(9)19(17,18)15-5-3-8-6-12-7-14-8/h1-2,4,6-7,15-16H,3,5,11H2,(H,12,14). The van der Waals surface area contributed by atoms with E-state index in [1.165, 1.54) is 12.3 Å². The summed E-state index contributed by atoms with van der Waals surface area (Å²) in [6.07, 6.45) is 5.09. The van der Waals surface area contributed by atoms with Crippen LogP contribution in [0, 0.1) is 0 Å². The molecule has 2 heterocycles. The van der Waals surface area contributed by atoms with Crippen molar-refractivity contribution in [1.82, 2.24) is 19.7 Å². The van der Waals surface area contributed by atoms with E-state index in [1.54, 1.807) is 18.6 Å². The molecule has 0 saturated carbocycles. The van der Waals surface area contributed by atoms with E-state index >= 15 is 0 Å². The lowest BCUT2D eigenvalue weighted by molar-refractivity contribution is 0.578. The molecule has 19 heavy (non-hydrogen) atoms. The summed E-state index contributed by atoms with van der Waals surface area (Å²) in [7, 11) is -3.69. The van der Waals surface area contributed by atoms with Gasteiger partial charge in [-0.3, -0.25) is 5.84 Å². The van der Waals surface area contributed by atoms with Crippen molar-refractivity contribution in [3.05, 3.63) is 36.5 Å². The van der Waals surface area contributed by atoms with Gasteiger partial charge in [0.25, 0.3) is 10.0 Å². The molecule has 0 spiro atoms. The Kier molecular flexibility index (Phi) is 4.10. The zero-order valence-corrected chi connectivity index (χ0v) is 10.8. The van der Waals surface area contributed by atoms with Crippen LogP contribution in [0.1, 0.15) is 5.69 Å². The average Bonchev–Trinajstić information content (AvgIpc) is 2.91. The van der Waals surface area contributed by atoms with E-state index in [4.69, 9.17) is 5.84 Å². The van der Waals surface area contributed by atoms with Crippen LogP contribution < -0.4 is 16.0 Å². The number of hydrazine groups is 1. The number of hydrogen-bond acceptors (Lipinski definition) is 6. The summed E-state index contributed by atoms with van der Waals surface area (Å²) in [5.74, 6) is 5.26. The van der Waals surface area contributed by atoms with Crippen molar-refractivity contribution in [1.29, 1.82) is 0 Å². The summed E-state index contributed by atoms with van der Waals surface area (Å²) in [5, 5.41) is -0.123. The van der Waals surface area contributed by atoms with Crippen LogP contribution in [0.5, 0.6) is 0 Å². The maximum atomic E-state index is 12.0. The molecule has 0 aromatic carbocycles. The molecule has 8 nitrogen and oxygen atoms in total. The number of pyridine rings is 1. The zero-order chi connectivity index (χ0) is 13.7. The van der Waals surface area contributed by atoms with Crippen molar-refractivity contribution in [3.8, 4) is 0 Å². The quantitative estimate of drug-likeness (QED) is 0.422. The number of sulfonamides is 1. The van der Waals surface area contributed by atoms with E-state index in [-0.39, 0.29) is 17.3 Å². The molecule has 0 radical (unpaired) electrons. The Morgan fingerprint density at radius 3 is 2.95 bits per heavy atom. The van der Waals surface area contributed by atoms with Crippen LogP contribution in [0.3, 0.4) is 0 Å².